The Morgan fingerprint density at radius 2 is 2.00 bits per heavy atom. The molecule has 0 unspecified atom stereocenters. The molecule has 0 aliphatic heterocycles. The number of ether oxygens (including phenoxy) is 1. The molecule has 0 amide bonds. The van der Waals surface area contributed by atoms with Gasteiger partial charge in [0.15, 0.2) is 0 Å². The molecule has 2 rings (SSSR count). The Kier molecular flexibility index (Phi) is 3.30. The van der Waals surface area contributed by atoms with E-state index in [9.17, 15) is 10.1 Å². The Hall–Kier alpha value is -3.07. The molecule has 94 valence electrons. The third kappa shape index (κ3) is 2.61. The zero-order chi connectivity index (χ0) is 13.8. The van der Waals surface area contributed by atoms with Crippen LogP contribution >= 0.6 is 0 Å². The summed E-state index contributed by atoms with van der Waals surface area (Å²) in [5, 5.41) is 10.5. The van der Waals surface area contributed by atoms with Gasteiger partial charge >= 0.3 is 0 Å². The highest BCUT2D eigenvalue weighted by Crippen LogP contribution is 2.28. The van der Waals surface area contributed by atoms with Gasteiger partial charge in [-0.2, -0.15) is 0 Å². The maximum Gasteiger partial charge on any atom is 0.269 e. The summed E-state index contributed by atoms with van der Waals surface area (Å²) in [4.78, 5) is 13.9. The molecular formula is C13H9N3O3. The van der Waals surface area contributed by atoms with Crippen LogP contribution in [0.4, 0.5) is 11.5 Å². The first-order valence-corrected chi connectivity index (χ1v) is 5.25. The van der Waals surface area contributed by atoms with Crippen LogP contribution in [0.3, 0.4) is 0 Å². The number of benzene rings is 1. The molecule has 2 N–H and O–H groups in total. The molecule has 0 aliphatic rings. The number of pyridine rings is 1. The zero-order valence-electron chi connectivity index (χ0n) is 9.74. The predicted molar refractivity (Wildman–Crippen MR) is 69.8 cm³/mol. The van der Waals surface area contributed by atoms with Crippen LogP contribution in [0.1, 0.15) is 5.56 Å². The molecule has 0 bridgehead atoms. The van der Waals surface area contributed by atoms with E-state index < -0.39 is 4.92 Å². The lowest BCUT2D eigenvalue weighted by Crippen LogP contribution is -1.97. The SMILES string of the molecule is C#Cc1c(Oc2ccc([N+](=O)[O-])cc2)ccnc1N. The Morgan fingerprint density at radius 1 is 1.32 bits per heavy atom. The molecule has 0 spiro atoms. The van der Waals surface area contributed by atoms with E-state index >= 15 is 0 Å². The third-order valence-electron chi connectivity index (χ3n) is 2.36. The van der Waals surface area contributed by atoms with Gasteiger partial charge in [-0.1, -0.05) is 5.92 Å². The molecule has 0 saturated carbocycles. The first-order valence-electron chi connectivity index (χ1n) is 5.25. The average Bonchev–Trinajstić information content (AvgIpc) is 2.39. The van der Waals surface area contributed by atoms with Crippen LogP contribution in [-0.4, -0.2) is 9.91 Å². The van der Waals surface area contributed by atoms with E-state index in [2.05, 4.69) is 10.9 Å². The second kappa shape index (κ2) is 5.06. The molecule has 6 heteroatoms. The molecule has 0 fully saturated rings. The van der Waals surface area contributed by atoms with Crippen LogP contribution in [-0.2, 0) is 0 Å². The Bertz CT molecular complexity index is 660. The topological polar surface area (TPSA) is 91.3 Å². The van der Waals surface area contributed by atoms with E-state index in [1.807, 2.05) is 0 Å². The molecule has 0 atom stereocenters. The summed E-state index contributed by atoms with van der Waals surface area (Å²) >= 11 is 0. The van der Waals surface area contributed by atoms with Crippen molar-refractivity contribution >= 4 is 11.5 Å². The molecule has 6 nitrogen and oxygen atoms in total. The zero-order valence-corrected chi connectivity index (χ0v) is 9.74. The van der Waals surface area contributed by atoms with Crippen molar-refractivity contribution in [3.8, 4) is 23.8 Å². The number of rotatable bonds is 3. The number of nitro benzene ring substituents is 1. The van der Waals surface area contributed by atoms with Crippen molar-refractivity contribution in [2.45, 2.75) is 0 Å². The van der Waals surface area contributed by atoms with Crippen molar-refractivity contribution in [3.05, 3.63) is 52.2 Å². The minimum atomic E-state index is -0.485. The van der Waals surface area contributed by atoms with Gasteiger partial charge in [0.05, 0.1) is 4.92 Å². The Labute approximate surface area is 109 Å². The monoisotopic (exact) mass is 255 g/mol. The molecule has 2 aromatic rings. The predicted octanol–water partition coefficient (Wildman–Crippen LogP) is 2.35. The second-order valence-corrected chi connectivity index (χ2v) is 3.57. The minimum Gasteiger partial charge on any atom is -0.456 e. The number of terminal acetylenes is 1. The quantitative estimate of drug-likeness (QED) is 0.516. The van der Waals surface area contributed by atoms with Gasteiger partial charge in [0, 0.05) is 24.4 Å². The highest BCUT2D eigenvalue weighted by Gasteiger charge is 2.09. The smallest absolute Gasteiger partial charge is 0.269 e. The Morgan fingerprint density at radius 3 is 2.58 bits per heavy atom. The first-order chi connectivity index (χ1) is 9.11. The van der Waals surface area contributed by atoms with E-state index in [-0.39, 0.29) is 11.5 Å². The molecule has 0 radical (unpaired) electrons. The van der Waals surface area contributed by atoms with E-state index in [0.717, 1.165) is 0 Å². The van der Waals surface area contributed by atoms with E-state index in [4.69, 9.17) is 16.9 Å². The number of hydrogen-bond donors (Lipinski definition) is 1. The van der Waals surface area contributed by atoms with Crippen molar-refractivity contribution < 1.29 is 9.66 Å². The van der Waals surface area contributed by atoms with Crippen LogP contribution in [0.5, 0.6) is 11.5 Å². The van der Waals surface area contributed by atoms with E-state index in [0.29, 0.717) is 17.1 Å². The molecule has 19 heavy (non-hydrogen) atoms. The highest BCUT2D eigenvalue weighted by atomic mass is 16.6. The standard InChI is InChI=1S/C13H9N3O3/c1-2-11-12(7-8-15-13(11)14)19-10-5-3-9(4-6-10)16(17)18/h1,3-8H,(H2,14,15). The van der Waals surface area contributed by atoms with Crippen LogP contribution < -0.4 is 10.5 Å². The fourth-order valence-corrected chi connectivity index (χ4v) is 1.45. The lowest BCUT2D eigenvalue weighted by atomic mass is 10.2. The maximum atomic E-state index is 10.5. The number of non-ortho nitro benzene ring substituents is 1. The molecule has 0 aliphatic carbocycles. The van der Waals surface area contributed by atoms with Crippen molar-refractivity contribution in [1.82, 2.24) is 4.98 Å². The van der Waals surface area contributed by atoms with Gasteiger partial charge in [0.25, 0.3) is 5.69 Å². The minimum absolute atomic E-state index is 0.0150. The number of nitrogens with two attached hydrogens (primary N) is 1. The third-order valence-corrected chi connectivity index (χ3v) is 2.36. The highest BCUT2D eigenvalue weighted by molar-refractivity contribution is 5.58. The number of nitrogen functional groups attached to an aromatic ring is 1. The van der Waals surface area contributed by atoms with Crippen LogP contribution in [0.2, 0.25) is 0 Å². The molecule has 1 aromatic heterocycles. The van der Waals surface area contributed by atoms with Crippen LogP contribution in [0.25, 0.3) is 0 Å². The molecule has 1 aromatic carbocycles. The second-order valence-electron chi connectivity index (χ2n) is 3.57. The summed E-state index contributed by atoms with van der Waals surface area (Å²) in [7, 11) is 0. The van der Waals surface area contributed by atoms with Gasteiger partial charge in [-0.3, -0.25) is 10.1 Å². The number of anilines is 1. The summed E-state index contributed by atoms with van der Waals surface area (Å²) < 4.78 is 5.53. The van der Waals surface area contributed by atoms with Gasteiger partial charge in [-0.25, -0.2) is 4.98 Å². The van der Waals surface area contributed by atoms with Crippen molar-refractivity contribution in [2.24, 2.45) is 0 Å². The molecular weight excluding hydrogens is 246 g/mol. The van der Waals surface area contributed by atoms with E-state index in [1.54, 1.807) is 6.07 Å². The van der Waals surface area contributed by atoms with Gasteiger partial charge in [0.2, 0.25) is 0 Å². The van der Waals surface area contributed by atoms with Gasteiger partial charge in [-0.05, 0) is 12.1 Å². The Balaban J connectivity index is 2.29. The largest absolute Gasteiger partial charge is 0.456 e. The summed E-state index contributed by atoms with van der Waals surface area (Å²) in [5.41, 5.74) is 5.96. The average molecular weight is 255 g/mol. The van der Waals surface area contributed by atoms with Crippen LogP contribution in [0, 0.1) is 22.5 Å². The molecule has 1 heterocycles. The van der Waals surface area contributed by atoms with E-state index in [1.165, 1.54) is 30.5 Å². The summed E-state index contributed by atoms with van der Waals surface area (Å²) in [6, 6.07) is 7.22. The fraction of sp³-hybridized carbons (Fsp3) is 0. The van der Waals surface area contributed by atoms with Crippen molar-refractivity contribution in [3.63, 3.8) is 0 Å². The number of nitrogens with zero attached hydrogens (tertiary/aromatic N) is 2. The summed E-state index contributed by atoms with van der Waals surface area (Å²) in [6.07, 6.45) is 6.80. The van der Waals surface area contributed by atoms with Gasteiger partial charge < -0.3 is 10.5 Å². The lowest BCUT2D eigenvalue weighted by Gasteiger charge is -2.08. The fourth-order valence-electron chi connectivity index (χ4n) is 1.45. The normalized spacial score (nSPS) is 9.63. The summed E-state index contributed by atoms with van der Waals surface area (Å²) in [6.45, 7) is 0. The van der Waals surface area contributed by atoms with Gasteiger partial charge in [0.1, 0.15) is 22.9 Å². The van der Waals surface area contributed by atoms with Crippen molar-refractivity contribution in [2.75, 3.05) is 5.73 Å². The first kappa shape index (κ1) is 12.4. The maximum absolute atomic E-state index is 10.5. The number of aromatic nitrogens is 1. The lowest BCUT2D eigenvalue weighted by molar-refractivity contribution is -0.384. The summed E-state index contributed by atoms with van der Waals surface area (Å²) in [5.74, 6) is 3.39. The number of nitro groups is 1. The van der Waals surface area contributed by atoms with Gasteiger partial charge in [-0.15, -0.1) is 6.42 Å². The van der Waals surface area contributed by atoms with Crippen molar-refractivity contribution in [1.29, 1.82) is 0 Å². The van der Waals surface area contributed by atoms with Crippen LogP contribution in [0.15, 0.2) is 36.5 Å². The number of hydrogen-bond acceptors (Lipinski definition) is 5. The molecule has 0 saturated heterocycles.